The van der Waals surface area contributed by atoms with E-state index in [0.717, 1.165) is 51.4 Å². The summed E-state index contributed by atoms with van der Waals surface area (Å²) in [5, 5.41) is 0. The van der Waals surface area contributed by atoms with Crippen LogP contribution in [0.5, 0.6) is 0 Å². The maximum atomic E-state index is 13.2. The van der Waals surface area contributed by atoms with Gasteiger partial charge in [0.1, 0.15) is 0 Å². The lowest BCUT2D eigenvalue weighted by molar-refractivity contribution is -0.141. The van der Waals surface area contributed by atoms with E-state index in [1.165, 1.54) is 120 Å². The number of nitrogens with zero attached hydrogens (tertiary/aromatic N) is 1. The zero-order valence-corrected chi connectivity index (χ0v) is 23.5. The Labute approximate surface area is 218 Å². The van der Waals surface area contributed by atoms with Crippen LogP contribution < -0.4 is 0 Å². The molecule has 0 unspecified atom stereocenters. The molecule has 0 aliphatic heterocycles. The smallest absolute Gasteiger partial charge is 0.232 e. The predicted molar refractivity (Wildman–Crippen MR) is 152 cm³/mol. The molecule has 0 bridgehead atoms. The minimum Gasteiger partial charge on any atom is -0.285 e. The van der Waals surface area contributed by atoms with Gasteiger partial charge >= 0.3 is 0 Å². The molecular weight excluding hydrogens is 430 g/mol. The van der Waals surface area contributed by atoms with Crippen molar-refractivity contribution in [2.45, 2.75) is 167 Å². The van der Waals surface area contributed by atoms with Crippen LogP contribution in [0.4, 0.5) is 0 Å². The summed E-state index contributed by atoms with van der Waals surface area (Å²) in [5.41, 5.74) is 0. The van der Waals surface area contributed by atoms with Crippen molar-refractivity contribution in [2.75, 3.05) is 6.54 Å². The zero-order chi connectivity index (χ0) is 25.2. The van der Waals surface area contributed by atoms with Crippen LogP contribution in [0.2, 0.25) is 0 Å². The number of hydrogen-bond acceptors (Lipinski definition) is 2. The standard InChI is InChI=1S/C32H59NO2/c1-2-3-4-5-6-20-23-26-29-33(30-34)32(35)31-27-24-21-18-16-14-12-10-8-7-9-11-13-15-17-19-22-25-28-31/h6,20,30-31H,2-5,7-19,21-29H2,1H3. The number of unbranched alkanes of at least 4 members (excludes halogenated alkanes) is 4. The van der Waals surface area contributed by atoms with Gasteiger partial charge in [0.2, 0.25) is 12.3 Å². The number of rotatable bonds is 10. The molecule has 1 aliphatic carbocycles. The summed E-state index contributed by atoms with van der Waals surface area (Å²) < 4.78 is 0. The SMILES string of the molecule is CCCCCC=CCCCN(C=O)C(=O)C1CCCCCCCCCCCCCCCCCCC1. The second-order valence-corrected chi connectivity index (χ2v) is 11.0. The van der Waals surface area contributed by atoms with Gasteiger partial charge in [-0.25, -0.2) is 0 Å². The van der Waals surface area contributed by atoms with E-state index in [0.29, 0.717) is 6.54 Å². The molecule has 0 aromatic rings. The second-order valence-electron chi connectivity index (χ2n) is 11.0. The molecule has 1 saturated carbocycles. The number of amides is 2. The molecule has 0 heterocycles. The lowest BCUT2D eigenvalue weighted by Gasteiger charge is -2.23. The summed E-state index contributed by atoms with van der Waals surface area (Å²) in [4.78, 5) is 26.5. The Morgan fingerprint density at radius 2 is 1.03 bits per heavy atom. The van der Waals surface area contributed by atoms with Crippen LogP contribution in [0.25, 0.3) is 0 Å². The van der Waals surface area contributed by atoms with Gasteiger partial charge in [-0.15, -0.1) is 0 Å². The largest absolute Gasteiger partial charge is 0.285 e. The van der Waals surface area contributed by atoms with Crippen LogP contribution in [-0.2, 0) is 9.59 Å². The van der Waals surface area contributed by atoms with Gasteiger partial charge in [0, 0.05) is 12.5 Å². The topological polar surface area (TPSA) is 37.4 Å². The first-order valence-electron chi connectivity index (χ1n) is 15.7. The Bertz CT molecular complexity index is 496. The molecule has 3 heteroatoms. The Balaban J connectivity index is 2.45. The molecule has 0 saturated heterocycles. The number of carbonyl (C=O) groups is 2. The van der Waals surface area contributed by atoms with E-state index in [9.17, 15) is 9.59 Å². The third kappa shape index (κ3) is 18.8. The number of allylic oxidation sites excluding steroid dienone is 2. The molecule has 1 rings (SSSR count). The maximum absolute atomic E-state index is 13.2. The van der Waals surface area contributed by atoms with Crippen molar-refractivity contribution in [3.8, 4) is 0 Å². The summed E-state index contributed by atoms with van der Waals surface area (Å²) in [6.07, 6.45) is 36.6. The lowest BCUT2D eigenvalue weighted by atomic mass is 9.92. The van der Waals surface area contributed by atoms with Gasteiger partial charge in [-0.05, 0) is 38.5 Å². The van der Waals surface area contributed by atoms with Crippen molar-refractivity contribution in [2.24, 2.45) is 5.92 Å². The highest BCUT2D eigenvalue weighted by molar-refractivity contribution is 5.87. The zero-order valence-electron chi connectivity index (χ0n) is 23.5. The fraction of sp³-hybridized carbons (Fsp3) is 0.875. The van der Waals surface area contributed by atoms with E-state index in [2.05, 4.69) is 19.1 Å². The van der Waals surface area contributed by atoms with Gasteiger partial charge in [-0.1, -0.05) is 141 Å². The van der Waals surface area contributed by atoms with Crippen LogP contribution in [-0.4, -0.2) is 23.8 Å². The summed E-state index contributed by atoms with van der Waals surface area (Å²) >= 11 is 0. The molecule has 0 spiro atoms. The van der Waals surface area contributed by atoms with Crippen LogP contribution in [0.15, 0.2) is 12.2 Å². The molecule has 2 amide bonds. The van der Waals surface area contributed by atoms with Crippen molar-refractivity contribution in [1.29, 1.82) is 0 Å². The van der Waals surface area contributed by atoms with Crippen molar-refractivity contribution in [1.82, 2.24) is 4.90 Å². The fourth-order valence-corrected chi connectivity index (χ4v) is 5.40. The first kappa shape index (κ1) is 31.9. The van der Waals surface area contributed by atoms with Crippen molar-refractivity contribution < 1.29 is 9.59 Å². The number of imide groups is 1. The van der Waals surface area contributed by atoms with Crippen LogP contribution in [0.1, 0.15) is 167 Å². The van der Waals surface area contributed by atoms with Gasteiger partial charge in [-0.2, -0.15) is 0 Å². The third-order valence-corrected chi connectivity index (χ3v) is 7.78. The molecule has 0 aromatic carbocycles. The quantitative estimate of drug-likeness (QED) is 0.174. The first-order chi connectivity index (χ1) is 17.3. The highest BCUT2D eigenvalue weighted by Crippen LogP contribution is 2.22. The maximum Gasteiger partial charge on any atom is 0.232 e. The van der Waals surface area contributed by atoms with Gasteiger partial charge in [0.05, 0.1) is 0 Å². The first-order valence-corrected chi connectivity index (χ1v) is 15.7. The molecule has 35 heavy (non-hydrogen) atoms. The van der Waals surface area contributed by atoms with E-state index < -0.39 is 0 Å². The summed E-state index contributed by atoms with van der Waals surface area (Å²) in [6.45, 7) is 2.80. The van der Waals surface area contributed by atoms with Crippen molar-refractivity contribution in [3.63, 3.8) is 0 Å². The predicted octanol–water partition coefficient (Wildman–Crippen LogP) is 9.93. The molecule has 0 N–H and O–H groups in total. The summed E-state index contributed by atoms with van der Waals surface area (Å²) in [7, 11) is 0. The molecule has 0 radical (unpaired) electrons. The molecule has 1 aliphatic rings. The molecule has 1 fully saturated rings. The molecule has 0 atom stereocenters. The van der Waals surface area contributed by atoms with E-state index in [4.69, 9.17) is 0 Å². The Kier molecular flexibility index (Phi) is 22.4. The highest BCUT2D eigenvalue weighted by atomic mass is 16.2. The van der Waals surface area contributed by atoms with Gasteiger partial charge in [-0.3, -0.25) is 14.5 Å². The molecule has 0 aromatic heterocycles. The average Bonchev–Trinajstić information content (AvgIpc) is 2.87. The minimum atomic E-state index is 0.0374. The third-order valence-electron chi connectivity index (χ3n) is 7.78. The van der Waals surface area contributed by atoms with Gasteiger partial charge < -0.3 is 0 Å². The number of hydrogen-bond donors (Lipinski definition) is 0. The fourth-order valence-electron chi connectivity index (χ4n) is 5.40. The van der Waals surface area contributed by atoms with Crippen molar-refractivity contribution in [3.05, 3.63) is 12.2 Å². The Hall–Kier alpha value is -1.12. The van der Waals surface area contributed by atoms with Gasteiger partial charge in [0.25, 0.3) is 0 Å². The summed E-state index contributed by atoms with van der Waals surface area (Å²) in [6, 6.07) is 0. The average molecular weight is 490 g/mol. The van der Waals surface area contributed by atoms with Crippen LogP contribution in [0, 0.1) is 5.92 Å². The lowest BCUT2D eigenvalue weighted by Crippen LogP contribution is -2.36. The van der Waals surface area contributed by atoms with E-state index in [-0.39, 0.29) is 11.8 Å². The van der Waals surface area contributed by atoms with Gasteiger partial charge in [0.15, 0.2) is 0 Å². The molecule has 204 valence electrons. The number of carbonyl (C=O) groups excluding carboxylic acids is 2. The molecule has 3 nitrogen and oxygen atoms in total. The minimum absolute atomic E-state index is 0.0374. The normalized spacial score (nSPS) is 19.3. The molecular formula is C32H59NO2. The van der Waals surface area contributed by atoms with Crippen molar-refractivity contribution >= 4 is 12.3 Å². The second kappa shape index (κ2) is 24.6. The van der Waals surface area contributed by atoms with Crippen LogP contribution in [0.3, 0.4) is 0 Å². The van der Waals surface area contributed by atoms with Crippen LogP contribution >= 0.6 is 0 Å². The van der Waals surface area contributed by atoms with E-state index >= 15 is 0 Å². The highest BCUT2D eigenvalue weighted by Gasteiger charge is 2.23. The monoisotopic (exact) mass is 489 g/mol. The Morgan fingerprint density at radius 3 is 1.43 bits per heavy atom. The Morgan fingerprint density at radius 1 is 0.629 bits per heavy atom. The van der Waals surface area contributed by atoms with E-state index in [1.54, 1.807) is 0 Å². The van der Waals surface area contributed by atoms with E-state index in [1.807, 2.05) is 0 Å². The summed E-state index contributed by atoms with van der Waals surface area (Å²) in [5.74, 6) is 0.129.